The molecule has 0 saturated carbocycles. The molecular weight excluding hydrogens is 249 g/mol. The average Bonchev–Trinajstić information content (AvgIpc) is 2.32. The Morgan fingerprint density at radius 3 is 2.20 bits per heavy atom. The number of carbonyl (C=O) groups is 1. The van der Waals surface area contributed by atoms with Crippen LogP contribution in [0, 0.1) is 0 Å². The van der Waals surface area contributed by atoms with Crippen molar-refractivity contribution in [3.05, 3.63) is 0 Å². The van der Waals surface area contributed by atoms with Crippen molar-refractivity contribution in [2.45, 2.75) is 89.3 Å². The number of hydrogen-bond donors (Lipinski definition) is 1. The summed E-state index contributed by atoms with van der Waals surface area (Å²) >= 11 is 0. The Morgan fingerprint density at radius 2 is 1.70 bits per heavy atom. The maximum atomic E-state index is 11.6. The molecule has 114 valence electrons. The van der Waals surface area contributed by atoms with Crippen molar-refractivity contribution < 1.29 is 9.53 Å². The van der Waals surface area contributed by atoms with Crippen molar-refractivity contribution in [3.8, 4) is 0 Å². The summed E-state index contributed by atoms with van der Waals surface area (Å²) in [5.41, 5.74) is -0.398. The fourth-order valence-electron chi connectivity index (χ4n) is 4.13. The highest BCUT2D eigenvalue weighted by Gasteiger charge is 2.38. The van der Waals surface area contributed by atoms with E-state index >= 15 is 0 Å². The van der Waals surface area contributed by atoms with Gasteiger partial charge >= 0.3 is 6.09 Å². The Balaban J connectivity index is 1.64. The van der Waals surface area contributed by atoms with E-state index in [2.05, 4.69) is 5.32 Å². The molecule has 2 saturated heterocycles. The standard InChI is InChI=1S/C16H30BNO2/c1-16(2,3)20-15(19)18-12-6-11-17-13-7-4-8-14(17)10-5-9-13/h13-14H,4-12H2,1-3H3,(H,18,19). The molecule has 3 nitrogen and oxygen atoms in total. The Kier molecular flexibility index (Phi) is 5.39. The van der Waals surface area contributed by atoms with Crippen molar-refractivity contribution in [1.82, 2.24) is 5.32 Å². The van der Waals surface area contributed by atoms with E-state index < -0.39 is 5.60 Å². The molecule has 0 unspecified atom stereocenters. The van der Waals surface area contributed by atoms with Gasteiger partial charge in [-0.3, -0.25) is 0 Å². The Morgan fingerprint density at radius 1 is 1.15 bits per heavy atom. The second-order valence-corrected chi connectivity index (χ2v) is 7.62. The van der Waals surface area contributed by atoms with Crippen LogP contribution in [0.3, 0.4) is 0 Å². The molecule has 2 rings (SSSR count). The summed E-state index contributed by atoms with van der Waals surface area (Å²) in [6.45, 7) is 7.38. The molecule has 20 heavy (non-hydrogen) atoms. The Bertz CT molecular complexity index is 305. The summed E-state index contributed by atoms with van der Waals surface area (Å²) in [5, 5.41) is 2.88. The van der Waals surface area contributed by atoms with Gasteiger partial charge in [0.15, 0.2) is 0 Å². The lowest BCUT2D eigenvalue weighted by atomic mass is 9.26. The van der Waals surface area contributed by atoms with E-state index in [0.717, 1.165) is 31.3 Å². The zero-order chi connectivity index (χ0) is 14.6. The van der Waals surface area contributed by atoms with Crippen LogP contribution in [0.2, 0.25) is 18.0 Å². The maximum absolute atomic E-state index is 11.6. The molecule has 2 fully saturated rings. The van der Waals surface area contributed by atoms with E-state index in [0.29, 0.717) is 0 Å². The smallest absolute Gasteiger partial charge is 0.407 e. The minimum absolute atomic E-state index is 0.277. The molecule has 0 aromatic carbocycles. The fourth-order valence-corrected chi connectivity index (χ4v) is 4.13. The third-order valence-corrected chi connectivity index (χ3v) is 4.89. The van der Waals surface area contributed by atoms with Crippen LogP contribution in [0.25, 0.3) is 0 Å². The fraction of sp³-hybridized carbons (Fsp3) is 0.938. The first-order valence-corrected chi connectivity index (χ1v) is 8.42. The van der Waals surface area contributed by atoms with Gasteiger partial charge in [0.25, 0.3) is 0 Å². The van der Waals surface area contributed by atoms with Crippen molar-refractivity contribution >= 4 is 12.8 Å². The lowest BCUT2D eigenvalue weighted by Gasteiger charge is -2.40. The van der Waals surface area contributed by atoms with Crippen molar-refractivity contribution in [2.75, 3.05) is 6.54 Å². The first-order chi connectivity index (χ1) is 9.46. The summed E-state index contributed by atoms with van der Waals surface area (Å²) < 4.78 is 5.25. The number of alkyl carbamates (subject to hydrolysis) is 1. The second kappa shape index (κ2) is 6.86. The summed E-state index contributed by atoms with van der Waals surface area (Å²) in [4.78, 5) is 11.6. The van der Waals surface area contributed by atoms with Crippen molar-refractivity contribution in [3.63, 3.8) is 0 Å². The quantitative estimate of drug-likeness (QED) is 0.607. The highest BCUT2D eigenvalue weighted by atomic mass is 16.6. The summed E-state index contributed by atoms with van der Waals surface area (Å²) in [6.07, 6.45) is 10.8. The first kappa shape index (κ1) is 15.7. The number of rotatable bonds is 4. The molecule has 1 N–H and O–H groups in total. The molecule has 0 atom stereocenters. The van der Waals surface area contributed by atoms with Gasteiger partial charge in [0.1, 0.15) is 12.3 Å². The topological polar surface area (TPSA) is 38.3 Å². The van der Waals surface area contributed by atoms with Crippen LogP contribution in [0.5, 0.6) is 0 Å². The lowest BCUT2D eigenvalue weighted by Crippen LogP contribution is -2.36. The minimum Gasteiger partial charge on any atom is -0.444 e. The monoisotopic (exact) mass is 279 g/mol. The van der Waals surface area contributed by atoms with E-state index in [4.69, 9.17) is 4.74 Å². The van der Waals surface area contributed by atoms with Gasteiger partial charge in [-0.2, -0.15) is 0 Å². The molecule has 0 aliphatic carbocycles. The summed E-state index contributed by atoms with van der Waals surface area (Å²) in [7, 11) is 0. The predicted molar refractivity (Wildman–Crippen MR) is 84.6 cm³/mol. The summed E-state index contributed by atoms with van der Waals surface area (Å²) in [5.74, 6) is 1.95. The maximum Gasteiger partial charge on any atom is 0.407 e. The molecule has 2 heterocycles. The van der Waals surface area contributed by atoms with Crippen LogP contribution in [-0.4, -0.2) is 25.0 Å². The zero-order valence-electron chi connectivity index (χ0n) is 13.4. The first-order valence-electron chi connectivity index (χ1n) is 8.42. The molecule has 1 amide bonds. The van der Waals surface area contributed by atoms with E-state index in [9.17, 15) is 4.79 Å². The van der Waals surface area contributed by atoms with Crippen molar-refractivity contribution in [2.24, 2.45) is 0 Å². The number of nitrogens with one attached hydrogen (secondary N) is 1. The van der Waals surface area contributed by atoms with Crippen molar-refractivity contribution in [1.29, 1.82) is 0 Å². The van der Waals surface area contributed by atoms with E-state index in [1.807, 2.05) is 20.8 Å². The lowest BCUT2D eigenvalue weighted by molar-refractivity contribution is 0.0528. The third-order valence-electron chi connectivity index (χ3n) is 4.89. The van der Waals surface area contributed by atoms with E-state index in [1.54, 1.807) is 0 Å². The van der Waals surface area contributed by atoms with Crippen LogP contribution < -0.4 is 5.32 Å². The molecule has 0 aromatic rings. The van der Waals surface area contributed by atoms with Gasteiger partial charge in [0.2, 0.25) is 0 Å². The van der Waals surface area contributed by atoms with Crippen LogP contribution >= 0.6 is 0 Å². The highest BCUT2D eigenvalue weighted by molar-refractivity contribution is 6.62. The number of hydrogen-bond acceptors (Lipinski definition) is 2. The molecule has 2 aliphatic rings. The number of fused-ring (bicyclic) bond motifs is 2. The van der Waals surface area contributed by atoms with E-state index in [-0.39, 0.29) is 6.09 Å². The van der Waals surface area contributed by atoms with Gasteiger partial charge in [-0.05, 0) is 27.2 Å². The molecular formula is C16H30BNO2. The Labute approximate surface area is 124 Å². The zero-order valence-corrected chi connectivity index (χ0v) is 13.4. The van der Waals surface area contributed by atoms with Gasteiger partial charge in [-0.15, -0.1) is 0 Å². The average molecular weight is 279 g/mol. The molecule has 0 radical (unpaired) electrons. The van der Waals surface area contributed by atoms with Gasteiger partial charge in [-0.25, -0.2) is 4.79 Å². The molecule has 2 aliphatic heterocycles. The van der Waals surface area contributed by atoms with Gasteiger partial charge in [0, 0.05) is 6.54 Å². The van der Waals surface area contributed by atoms with Crippen LogP contribution in [0.1, 0.15) is 65.7 Å². The number of carbonyl (C=O) groups excluding carboxylic acids is 1. The largest absolute Gasteiger partial charge is 0.444 e. The third kappa shape index (κ3) is 4.71. The van der Waals surface area contributed by atoms with Crippen LogP contribution in [-0.2, 0) is 4.74 Å². The summed E-state index contributed by atoms with van der Waals surface area (Å²) in [6, 6.07) is 0. The highest BCUT2D eigenvalue weighted by Crippen LogP contribution is 2.47. The molecule has 0 aromatic heterocycles. The molecule has 2 bridgehead atoms. The molecule has 0 spiro atoms. The van der Waals surface area contributed by atoms with Crippen LogP contribution in [0.15, 0.2) is 0 Å². The van der Waals surface area contributed by atoms with Crippen LogP contribution in [0.4, 0.5) is 4.79 Å². The number of amides is 1. The molecule has 4 heteroatoms. The van der Waals surface area contributed by atoms with Gasteiger partial charge in [0.05, 0.1) is 0 Å². The SMILES string of the molecule is CC(C)(C)OC(=O)NCCCB1C2CCCC1CCC2. The van der Waals surface area contributed by atoms with E-state index in [1.165, 1.54) is 44.8 Å². The second-order valence-electron chi connectivity index (χ2n) is 7.62. The number of ether oxygens (including phenoxy) is 1. The minimum atomic E-state index is -0.398. The Hall–Kier alpha value is -0.665. The van der Waals surface area contributed by atoms with Gasteiger partial charge < -0.3 is 10.1 Å². The normalized spacial score (nSPS) is 26.2. The predicted octanol–water partition coefficient (Wildman–Crippen LogP) is 4.50. The van der Waals surface area contributed by atoms with Gasteiger partial charge in [-0.1, -0.05) is 56.5 Å².